The maximum absolute atomic E-state index is 6.01. The number of methoxy groups -OCH3 is 1. The van der Waals surface area contributed by atoms with E-state index in [1.165, 1.54) is 6.42 Å². The zero-order valence-corrected chi connectivity index (χ0v) is 9.97. The number of hydrogen-bond donors (Lipinski definition) is 1. The van der Waals surface area contributed by atoms with E-state index in [-0.39, 0.29) is 11.1 Å². The Labute approximate surface area is 87.6 Å². The van der Waals surface area contributed by atoms with Gasteiger partial charge in [0.15, 0.2) is 0 Å². The molecule has 1 heterocycles. The summed E-state index contributed by atoms with van der Waals surface area (Å²) in [6, 6.07) is 0. The molecule has 84 valence electrons. The number of hydrogen-bond acceptors (Lipinski definition) is 3. The number of rotatable bonds is 3. The zero-order valence-electron chi connectivity index (χ0n) is 9.97. The molecule has 1 aliphatic rings. The Kier molecular flexibility index (Phi) is 3.56. The highest BCUT2D eigenvalue weighted by Gasteiger charge is 2.32. The van der Waals surface area contributed by atoms with E-state index in [1.54, 1.807) is 7.11 Å². The molecule has 1 atom stereocenters. The van der Waals surface area contributed by atoms with Crippen molar-refractivity contribution >= 4 is 0 Å². The van der Waals surface area contributed by atoms with Gasteiger partial charge in [-0.25, -0.2) is 0 Å². The van der Waals surface area contributed by atoms with Gasteiger partial charge in [-0.3, -0.25) is 4.90 Å². The summed E-state index contributed by atoms with van der Waals surface area (Å²) in [5.41, 5.74) is 5.94. The Morgan fingerprint density at radius 3 is 2.64 bits per heavy atom. The van der Waals surface area contributed by atoms with Crippen molar-refractivity contribution < 1.29 is 4.74 Å². The molecule has 0 bridgehead atoms. The van der Waals surface area contributed by atoms with E-state index in [1.807, 2.05) is 0 Å². The van der Waals surface area contributed by atoms with Crippen molar-refractivity contribution in [3.63, 3.8) is 0 Å². The Morgan fingerprint density at radius 1 is 1.50 bits per heavy atom. The van der Waals surface area contributed by atoms with Crippen molar-refractivity contribution in [3.05, 3.63) is 0 Å². The molecule has 0 aromatic carbocycles. The van der Waals surface area contributed by atoms with Crippen LogP contribution in [-0.4, -0.2) is 42.8 Å². The van der Waals surface area contributed by atoms with Gasteiger partial charge in [0.2, 0.25) is 0 Å². The van der Waals surface area contributed by atoms with Crippen LogP contribution in [0.1, 0.15) is 33.6 Å². The summed E-state index contributed by atoms with van der Waals surface area (Å²) < 4.78 is 5.54. The van der Waals surface area contributed by atoms with Gasteiger partial charge in [0.1, 0.15) is 0 Å². The molecule has 1 fully saturated rings. The van der Waals surface area contributed by atoms with Crippen LogP contribution in [0.4, 0.5) is 0 Å². The van der Waals surface area contributed by atoms with Crippen LogP contribution in [0.2, 0.25) is 0 Å². The van der Waals surface area contributed by atoms with E-state index in [9.17, 15) is 0 Å². The highest BCUT2D eigenvalue weighted by Crippen LogP contribution is 2.24. The largest absolute Gasteiger partial charge is 0.377 e. The van der Waals surface area contributed by atoms with Crippen molar-refractivity contribution in [3.8, 4) is 0 Å². The maximum Gasteiger partial charge on any atom is 0.0777 e. The normalized spacial score (nSPS) is 30.6. The van der Waals surface area contributed by atoms with Gasteiger partial charge in [-0.1, -0.05) is 0 Å². The average molecular weight is 200 g/mol. The third kappa shape index (κ3) is 3.56. The second-order valence-corrected chi connectivity index (χ2v) is 5.46. The van der Waals surface area contributed by atoms with Crippen molar-refractivity contribution in [1.29, 1.82) is 0 Å². The number of piperidine rings is 1. The molecular formula is C11H24N2O. The summed E-state index contributed by atoms with van der Waals surface area (Å²) in [5.74, 6) is 0. The SMILES string of the molecule is COC1(C)CCCN(CC(C)(C)N)C1. The first-order valence-corrected chi connectivity index (χ1v) is 5.41. The van der Waals surface area contributed by atoms with Crippen LogP contribution in [0.3, 0.4) is 0 Å². The maximum atomic E-state index is 6.01. The summed E-state index contributed by atoms with van der Waals surface area (Å²) in [4.78, 5) is 2.41. The van der Waals surface area contributed by atoms with Gasteiger partial charge in [0.05, 0.1) is 5.60 Å². The molecule has 1 saturated heterocycles. The molecule has 3 heteroatoms. The molecule has 1 unspecified atom stereocenters. The Bertz CT molecular complexity index is 188. The summed E-state index contributed by atoms with van der Waals surface area (Å²) in [7, 11) is 1.80. The first kappa shape index (κ1) is 12.0. The van der Waals surface area contributed by atoms with E-state index < -0.39 is 0 Å². The van der Waals surface area contributed by atoms with E-state index in [2.05, 4.69) is 25.7 Å². The van der Waals surface area contributed by atoms with E-state index >= 15 is 0 Å². The standard InChI is InChI=1S/C11H24N2O/c1-10(2,12)8-13-7-5-6-11(3,9-13)14-4/h5-9,12H2,1-4H3. The zero-order chi connectivity index (χ0) is 10.8. The molecule has 14 heavy (non-hydrogen) atoms. The predicted octanol–water partition coefficient (Wildman–Crippen LogP) is 1.22. The highest BCUT2D eigenvalue weighted by atomic mass is 16.5. The Morgan fingerprint density at radius 2 is 2.14 bits per heavy atom. The lowest BCUT2D eigenvalue weighted by molar-refractivity contribution is -0.0537. The van der Waals surface area contributed by atoms with Gasteiger partial charge in [0, 0.05) is 25.7 Å². The smallest absolute Gasteiger partial charge is 0.0777 e. The van der Waals surface area contributed by atoms with Crippen molar-refractivity contribution in [1.82, 2.24) is 4.90 Å². The topological polar surface area (TPSA) is 38.5 Å². The lowest BCUT2D eigenvalue weighted by Crippen LogP contribution is -2.53. The molecular weight excluding hydrogens is 176 g/mol. The lowest BCUT2D eigenvalue weighted by atomic mass is 9.93. The molecule has 0 aromatic rings. The van der Waals surface area contributed by atoms with Gasteiger partial charge in [-0.15, -0.1) is 0 Å². The van der Waals surface area contributed by atoms with Gasteiger partial charge >= 0.3 is 0 Å². The lowest BCUT2D eigenvalue weighted by Gasteiger charge is -2.41. The van der Waals surface area contributed by atoms with Gasteiger partial charge in [-0.2, -0.15) is 0 Å². The molecule has 0 radical (unpaired) electrons. The number of likely N-dealkylation sites (tertiary alicyclic amines) is 1. The van der Waals surface area contributed by atoms with Crippen LogP contribution in [0.25, 0.3) is 0 Å². The van der Waals surface area contributed by atoms with Crippen molar-refractivity contribution in [2.75, 3.05) is 26.7 Å². The van der Waals surface area contributed by atoms with E-state index in [0.29, 0.717) is 0 Å². The van der Waals surface area contributed by atoms with Crippen LogP contribution >= 0.6 is 0 Å². The minimum Gasteiger partial charge on any atom is -0.377 e. The van der Waals surface area contributed by atoms with Gasteiger partial charge in [-0.05, 0) is 40.2 Å². The average Bonchev–Trinajstić information content (AvgIpc) is 2.01. The summed E-state index contributed by atoms with van der Waals surface area (Å²) >= 11 is 0. The minimum absolute atomic E-state index is 0.0313. The molecule has 1 rings (SSSR count). The first-order valence-electron chi connectivity index (χ1n) is 5.41. The fourth-order valence-corrected chi connectivity index (χ4v) is 2.19. The molecule has 3 nitrogen and oxygen atoms in total. The van der Waals surface area contributed by atoms with Gasteiger partial charge in [0.25, 0.3) is 0 Å². The second-order valence-electron chi connectivity index (χ2n) is 5.46. The highest BCUT2D eigenvalue weighted by molar-refractivity contribution is 4.88. The van der Waals surface area contributed by atoms with Crippen LogP contribution in [-0.2, 0) is 4.74 Å². The van der Waals surface area contributed by atoms with E-state index in [0.717, 1.165) is 26.1 Å². The van der Waals surface area contributed by atoms with Crippen molar-refractivity contribution in [2.45, 2.75) is 44.8 Å². The predicted molar refractivity (Wildman–Crippen MR) is 59.4 cm³/mol. The molecule has 0 aromatic heterocycles. The summed E-state index contributed by atoms with van der Waals surface area (Å²) in [6.07, 6.45) is 2.37. The fraction of sp³-hybridized carbons (Fsp3) is 1.00. The minimum atomic E-state index is -0.105. The van der Waals surface area contributed by atoms with Crippen molar-refractivity contribution in [2.24, 2.45) is 5.73 Å². The second kappa shape index (κ2) is 4.17. The first-order chi connectivity index (χ1) is 6.35. The van der Waals surface area contributed by atoms with Gasteiger partial charge < -0.3 is 10.5 Å². The number of nitrogens with two attached hydrogens (primary N) is 1. The van der Waals surface area contributed by atoms with Crippen LogP contribution in [0.5, 0.6) is 0 Å². The third-order valence-electron chi connectivity index (χ3n) is 2.86. The molecule has 0 aliphatic carbocycles. The molecule has 0 spiro atoms. The number of ether oxygens (including phenoxy) is 1. The molecule has 0 amide bonds. The Hall–Kier alpha value is -0.120. The van der Waals surface area contributed by atoms with Crippen LogP contribution < -0.4 is 5.73 Å². The third-order valence-corrected chi connectivity index (χ3v) is 2.86. The van der Waals surface area contributed by atoms with Crippen LogP contribution in [0.15, 0.2) is 0 Å². The fourth-order valence-electron chi connectivity index (χ4n) is 2.19. The monoisotopic (exact) mass is 200 g/mol. The quantitative estimate of drug-likeness (QED) is 0.744. The van der Waals surface area contributed by atoms with E-state index in [4.69, 9.17) is 10.5 Å². The van der Waals surface area contributed by atoms with Crippen LogP contribution in [0, 0.1) is 0 Å². The number of nitrogens with zero attached hydrogens (tertiary/aromatic N) is 1. The summed E-state index contributed by atoms with van der Waals surface area (Å²) in [6.45, 7) is 9.44. The molecule has 0 saturated carbocycles. The Balaban J connectivity index is 2.48. The summed E-state index contributed by atoms with van der Waals surface area (Å²) in [5, 5.41) is 0. The molecule has 2 N–H and O–H groups in total. The molecule has 1 aliphatic heterocycles.